The summed E-state index contributed by atoms with van der Waals surface area (Å²) in [4.78, 5) is 33.3. The van der Waals surface area contributed by atoms with E-state index in [0.29, 0.717) is 29.8 Å². The molecule has 0 unspecified atom stereocenters. The monoisotopic (exact) mass is 305 g/mol. The molecule has 110 valence electrons. The Balaban J connectivity index is 2.20. The van der Waals surface area contributed by atoms with Crippen LogP contribution in [-0.2, 0) is 17.8 Å². The van der Waals surface area contributed by atoms with E-state index in [1.165, 1.54) is 13.3 Å². The summed E-state index contributed by atoms with van der Waals surface area (Å²) < 4.78 is 2.06. The van der Waals surface area contributed by atoms with Crippen LogP contribution in [0.15, 0.2) is 29.7 Å². The molecule has 21 heavy (non-hydrogen) atoms. The fourth-order valence-electron chi connectivity index (χ4n) is 1.84. The van der Waals surface area contributed by atoms with Gasteiger partial charge < -0.3 is 9.88 Å². The molecule has 0 bridgehead atoms. The van der Waals surface area contributed by atoms with Crippen molar-refractivity contribution in [1.29, 1.82) is 0 Å². The molecule has 0 saturated heterocycles. The molecule has 2 N–H and O–H groups in total. The van der Waals surface area contributed by atoms with Crippen molar-refractivity contribution in [2.45, 2.75) is 19.9 Å². The molecule has 0 spiro atoms. The van der Waals surface area contributed by atoms with E-state index in [4.69, 9.17) is 12.2 Å². The molecule has 1 amide bonds. The third kappa shape index (κ3) is 4.32. The molecule has 7 nitrogen and oxygen atoms in total. The third-order valence-electron chi connectivity index (χ3n) is 2.82. The lowest BCUT2D eigenvalue weighted by Crippen LogP contribution is -2.26. The molecule has 0 aliphatic carbocycles. The van der Waals surface area contributed by atoms with E-state index >= 15 is 0 Å². The van der Waals surface area contributed by atoms with Crippen LogP contribution in [0.1, 0.15) is 18.1 Å². The third-order valence-corrected chi connectivity index (χ3v) is 3.16. The number of hydrogen-bond acceptors (Lipinski definition) is 5. The lowest BCUT2D eigenvalue weighted by Gasteiger charge is -2.09. The largest absolute Gasteiger partial charge is 0.355 e. The lowest BCUT2D eigenvalue weighted by atomic mass is 10.1. The maximum absolute atomic E-state index is 11.9. The van der Waals surface area contributed by atoms with Gasteiger partial charge in [-0.25, -0.2) is 9.97 Å². The number of carbonyl (C=O) groups excluding carboxylic acids is 1. The van der Waals surface area contributed by atoms with Gasteiger partial charge in [0, 0.05) is 50.6 Å². The Hall–Kier alpha value is -2.35. The van der Waals surface area contributed by atoms with E-state index in [1.54, 1.807) is 23.2 Å². The summed E-state index contributed by atoms with van der Waals surface area (Å²) in [6.07, 6.45) is 6.89. The summed E-state index contributed by atoms with van der Waals surface area (Å²) in [5.41, 5.74) is 1.19. The Kier molecular flexibility index (Phi) is 4.94. The molecule has 2 aromatic heterocycles. The molecule has 2 heterocycles. The van der Waals surface area contributed by atoms with E-state index in [1.807, 2.05) is 0 Å². The van der Waals surface area contributed by atoms with Crippen molar-refractivity contribution in [3.63, 3.8) is 0 Å². The van der Waals surface area contributed by atoms with Gasteiger partial charge in [0.25, 0.3) is 5.56 Å². The van der Waals surface area contributed by atoms with Gasteiger partial charge in [0.2, 0.25) is 5.91 Å². The van der Waals surface area contributed by atoms with Crippen LogP contribution in [0, 0.1) is 4.77 Å². The molecule has 0 fully saturated rings. The normalized spacial score (nSPS) is 10.3. The van der Waals surface area contributed by atoms with Crippen molar-refractivity contribution in [3.8, 4) is 0 Å². The van der Waals surface area contributed by atoms with Crippen LogP contribution in [0.5, 0.6) is 0 Å². The average molecular weight is 305 g/mol. The molecule has 0 saturated carbocycles. The number of nitrogens with one attached hydrogen (secondary N) is 2. The minimum atomic E-state index is -0.223. The Labute approximate surface area is 126 Å². The predicted molar refractivity (Wildman–Crippen MR) is 79.4 cm³/mol. The van der Waals surface area contributed by atoms with Gasteiger partial charge in [0.05, 0.1) is 0 Å². The van der Waals surface area contributed by atoms with E-state index in [-0.39, 0.29) is 11.5 Å². The highest BCUT2D eigenvalue weighted by atomic mass is 32.1. The summed E-state index contributed by atoms with van der Waals surface area (Å²) in [6, 6.07) is 0. The zero-order valence-electron chi connectivity index (χ0n) is 11.5. The van der Waals surface area contributed by atoms with Gasteiger partial charge in [-0.05, 0) is 17.8 Å². The van der Waals surface area contributed by atoms with Crippen molar-refractivity contribution < 1.29 is 4.79 Å². The Bertz CT molecular complexity index is 738. The van der Waals surface area contributed by atoms with Gasteiger partial charge in [-0.15, -0.1) is 0 Å². The van der Waals surface area contributed by atoms with Gasteiger partial charge in [-0.3, -0.25) is 14.6 Å². The molecule has 0 aliphatic rings. The second-order valence-corrected chi connectivity index (χ2v) is 4.90. The van der Waals surface area contributed by atoms with Crippen LogP contribution in [0.3, 0.4) is 0 Å². The maximum Gasteiger partial charge on any atom is 0.255 e. The maximum atomic E-state index is 11.9. The van der Waals surface area contributed by atoms with Gasteiger partial charge in [0.1, 0.15) is 6.33 Å². The van der Waals surface area contributed by atoms with Crippen molar-refractivity contribution in [3.05, 3.63) is 51.2 Å². The fraction of sp³-hybridized carbons (Fsp3) is 0.308. The molecule has 0 radical (unpaired) electrons. The number of aromatic nitrogens is 4. The first kappa shape index (κ1) is 15.0. The highest BCUT2D eigenvalue weighted by Gasteiger charge is 2.05. The molecule has 2 aromatic rings. The Morgan fingerprint density at radius 1 is 1.43 bits per heavy atom. The molecular formula is C13H15N5O2S. The first-order valence-electron chi connectivity index (χ1n) is 6.37. The van der Waals surface area contributed by atoms with Gasteiger partial charge in [-0.1, -0.05) is 0 Å². The van der Waals surface area contributed by atoms with Gasteiger partial charge >= 0.3 is 0 Å². The number of nitrogens with zero attached hydrogens (tertiary/aromatic N) is 3. The molecular weight excluding hydrogens is 290 g/mol. The summed E-state index contributed by atoms with van der Waals surface area (Å²) in [6.45, 7) is 2.39. The standard InChI is InChI=1S/C13H15N5O2S/c1-9(19)16-2-3-18-7-11(12(20)17-13(18)21)4-10-5-14-8-15-6-10/h5-8H,2-4H2,1H3,(H,16,19)(H,17,20,21). The number of rotatable bonds is 5. The van der Waals surface area contributed by atoms with Crippen LogP contribution in [-0.4, -0.2) is 32.0 Å². The van der Waals surface area contributed by atoms with Crippen LogP contribution >= 0.6 is 12.2 Å². The quantitative estimate of drug-likeness (QED) is 0.781. The fourth-order valence-corrected chi connectivity index (χ4v) is 2.08. The summed E-state index contributed by atoms with van der Waals surface area (Å²) in [5, 5.41) is 2.69. The summed E-state index contributed by atoms with van der Waals surface area (Å²) >= 11 is 5.11. The van der Waals surface area contributed by atoms with Crippen LogP contribution in [0.2, 0.25) is 0 Å². The number of hydrogen-bond donors (Lipinski definition) is 2. The highest BCUT2D eigenvalue weighted by molar-refractivity contribution is 7.71. The van der Waals surface area contributed by atoms with Crippen molar-refractivity contribution in [1.82, 2.24) is 24.8 Å². The number of aromatic amines is 1. The minimum absolute atomic E-state index is 0.104. The highest BCUT2D eigenvalue weighted by Crippen LogP contribution is 2.02. The SMILES string of the molecule is CC(=O)NCCn1cc(Cc2cncnc2)c(=O)[nH]c1=S. The van der Waals surface area contributed by atoms with Crippen LogP contribution in [0.4, 0.5) is 0 Å². The average Bonchev–Trinajstić information content (AvgIpc) is 2.44. The second-order valence-electron chi connectivity index (χ2n) is 4.51. The van der Waals surface area contributed by atoms with Crippen LogP contribution in [0.25, 0.3) is 0 Å². The van der Waals surface area contributed by atoms with E-state index in [2.05, 4.69) is 20.3 Å². The number of H-pyrrole nitrogens is 1. The molecule has 0 aromatic carbocycles. The molecule has 0 aliphatic heterocycles. The van der Waals surface area contributed by atoms with E-state index in [9.17, 15) is 9.59 Å². The Morgan fingerprint density at radius 2 is 2.14 bits per heavy atom. The van der Waals surface area contributed by atoms with E-state index in [0.717, 1.165) is 5.56 Å². The Morgan fingerprint density at radius 3 is 2.81 bits per heavy atom. The lowest BCUT2D eigenvalue weighted by molar-refractivity contribution is -0.118. The topological polar surface area (TPSA) is 92.7 Å². The minimum Gasteiger partial charge on any atom is -0.355 e. The van der Waals surface area contributed by atoms with Crippen molar-refractivity contribution in [2.24, 2.45) is 0 Å². The van der Waals surface area contributed by atoms with E-state index < -0.39 is 0 Å². The summed E-state index contributed by atoms with van der Waals surface area (Å²) in [7, 11) is 0. The summed E-state index contributed by atoms with van der Waals surface area (Å²) in [5.74, 6) is -0.104. The van der Waals surface area contributed by atoms with Gasteiger partial charge in [0.15, 0.2) is 4.77 Å². The van der Waals surface area contributed by atoms with Crippen LogP contribution < -0.4 is 10.9 Å². The second kappa shape index (κ2) is 6.89. The number of carbonyl (C=O) groups is 1. The molecule has 0 atom stereocenters. The zero-order chi connectivity index (χ0) is 15.2. The first-order valence-corrected chi connectivity index (χ1v) is 6.78. The van der Waals surface area contributed by atoms with Crippen molar-refractivity contribution >= 4 is 18.1 Å². The first-order chi connectivity index (χ1) is 10.1. The smallest absolute Gasteiger partial charge is 0.255 e. The molecule has 8 heteroatoms. The molecule has 2 rings (SSSR count). The predicted octanol–water partition coefficient (Wildman–Crippen LogP) is 0.423. The van der Waals surface area contributed by atoms with Gasteiger partial charge in [-0.2, -0.15) is 0 Å². The van der Waals surface area contributed by atoms with Crippen molar-refractivity contribution in [2.75, 3.05) is 6.54 Å². The zero-order valence-corrected chi connectivity index (χ0v) is 12.3. The number of amides is 1.